The number of hydrogen-bond donors (Lipinski definition) is 0. The Bertz CT molecular complexity index is 699. The Morgan fingerprint density at radius 3 is 2.44 bits per heavy atom. The summed E-state index contributed by atoms with van der Waals surface area (Å²) in [6, 6.07) is 6.07. The van der Waals surface area contributed by atoms with Crippen LogP contribution >= 0.6 is 0 Å². The summed E-state index contributed by atoms with van der Waals surface area (Å²) in [6.45, 7) is 5.78. The molecular weight excluding hydrogens is 318 g/mol. The van der Waals surface area contributed by atoms with Gasteiger partial charge in [0.1, 0.15) is 11.5 Å². The lowest BCUT2D eigenvalue weighted by molar-refractivity contribution is 0.231. The fourth-order valence-corrected chi connectivity index (χ4v) is 3.09. The molecule has 2 heterocycles. The Hall–Kier alpha value is -2.50. The minimum Gasteiger partial charge on any atom is -0.497 e. The number of anilines is 1. The van der Waals surface area contributed by atoms with Crippen molar-refractivity contribution in [2.75, 3.05) is 32.2 Å². The molecule has 1 atom stereocenters. The summed E-state index contributed by atoms with van der Waals surface area (Å²) in [5, 5.41) is 0. The van der Waals surface area contributed by atoms with Crippen LogP contribution in [-0.4, -0.2) is 43.4 Å². The number of ether oxygens (including phenoxy) is 3. The van der Waals surface area contributed by atoms with Gasteiger partial charge in [0.25, 0.3) is 0 Å². The first-order valence-corrected chi connectivity index (χ1v) is 8.55. The molecule has 3 rings (SSSR count). The molecule has 6 heteroatoms. The first-order valence-electron chi connectivity index (χ1n) is 8.55. The van der Waals surface area contributed by atoms with E-state index in [1.54, 1.807) is 26.6 Å². The Kier molecular flexibility index (Phi) is 5.26. The lowest BCUT2D eigenvalue weighted by Crippen LogP contribution is -2.21. The summed E-state index contributed by atoms with van der Waals surface area (Å²) in [5.74, 6) is 3.47. The number of hydrogen-bond acceptors (Lipinski definition) is 6. The van der Waals surface area contributed by atoms with E-state index in [4.69, 9.17) is 14.2 Å². The zero-order valence-electron chi connectivity index (χ0n) is 15.2. The summed E-state index contributed by atoms with van der Waals surface area (Å²) < 4.78 is 16.4. The normalized spacial score (nSPS) is 17.0. The number of methoxy groups -OCH3 is 2. The minimum absolute atomic E-state index is 0.0834. The molecule has 0 bridgehead atoms. The van der Waals surface area contributed by atoms with Crippen molar-refractivity contribution in [1.82, 2.24) is 9.97 Å². The van der Waals surface area contributed by atoms with Gasteiger partial charge in [0.05, 0.1) is 32.7 Å². The fraction of sp³-hybridized carbons (Fsp3) is 0.474. The molecule has 1 saturated heterocycles. The molecule has 6 nitrogen and oxygen atoms in total. The van der Waals surface area contributed by atoms with Crippen LogP contribution in [0.5, 0.6) is 17.4 Å². The second-order valence-electron chi connectivity index (χ2n) is 6.46. The minimum atomic E-state index is 0.0834. The van der Waals surface area contributed by atoms with Gasteiger partial charge in [-0.3, -0.25) is 4.98 Å². The quantitative estimate of drug-likeness (QED) is 0.802. The van der Waals surface area contributed by atoms with Crippen molar-refractivity contribution in [3.05, 3.63) is 36.2 Å². The highest BCUT2D eigenvalue weighted by Gasteiger charge is 2.26. The van der Waals surface area contributed by atoms with Gasteiger partial charge >= 0.3 is 0 Å². The zero-order valence-corrected chi connectivity index (χ0v) is 15.2. The average molecular weight is 343 g/mol. The maximum atomic E-state index is 5.65. The second kappa shape index (κ2) is 7.59. The van der Waals surface area contributed by atoms with Crippen LogP contribution in [0.2, 0.25) is 0 Å². The van der Waals surface area contributed by atoms with Crippen LogP contribution in [0.25, 0.3) is 0 Å². The van der Waals surface area contributed by atoms with Crippen molar-refractivity contribution >= 4 is 5.82 Å². The van der Waals surface area contributed by atoms with E-state index in [1.807, 2.05) is 19.9 Å². The average Bonchev–Trinajstić information content (AvgIpc) is 3.11. The lowest BCUT2D eigenvalue weighted by Gasteiger charge is -2.19. The molecule has 1 unspecified atom stereocenters. The Labute approximate surface area is 148 Å². The topological polar surface area (TPSA) is 56.7 Å². The Balaban J connectivity index is 1.76. The molecule has 2 aromatic rings. The van der Waals surface area contributed by atoms with Crippen LogP contribution in [-0.2, 0) is 0 Å². The molecule has 0 aliphatic carbocycles. The van der Waals surface area contributed by atoms with Crippen molar-refractivity contribution in [2.45, 2.75) is 32.3 Å². The molecule has 0 radical (unpaired) electrons. The summed E-state index contributed by atoms with van der Waals surface area (Å²) in [4.78, 5) is 11.1. The van der Waals surface area contributed by atoms with Gasteiger partial charge in [-0.25, -0.2) is 0 Å². The first kappa shape index (κ1) is 17.3. The van der Waals surface area contributed by atoms with E-state index in [9.17, 15) is 0 Å². The van der Waals surface area contributed by atoms with Crippen LogP contribution in [0.3, 0.4) is 0 Å². The third-order valence-electron chi connectivity index (χ3n) is 4.31. The molecule has 0 amide bonds. The number of nitrogens with zero attached hydrogens (tertiary/aromatic N) is 3. The molecule has 1 aromatic carbocycles. The maximum absolute atomic E-state index is 5.65. The maximum Gasteiger partial charge on any atom is 0.234 e. The van der Waals surface area contributed by atoms with Crippen LogP contribution < -0.4 is 19.1 Å². The van der Waals surface area contributed by atoms with Crippen molar-refractivity contribution < 1.29 is 14.2 Å². The van der Waals surface area contributed by atoms with Gasteiger partial charge in [-0.15, -0.1) is 0 Å². The van der Waals surface area contributed by atoms with Gasteiger partial charge < -0.3 is 19.1 Å². The standard InChI is InChI=1S/C19H25N3O3/c1-13(2)25-19-11-20-10-18(21-19)22-6-5-14(12-22)15-7-16(23-3)9-17(8-15)24-4/h7-11,13-14H,5-6,12H2,1-4H3. The zero-order chi connectivity index (χ0) is 17.8. The summed E-state index contributed by atoms with van der Waals surface area (Å²) in [7, 11) is 3.35. The summed E-state index contributed by atoms with van der Waals surface area (Å²) in [5.41, 5.74) is 1.22. The Morgan fingerprint density at radius 2 is 1.80 bits per heavy atom. The lowest BCUT2D eigenvalue weighted by atomic mass is 9.98. The number of benzene rings is 1. The van der Waals surface area contributed by atoms with Crippen LogP contribution in [0, 0.1) is 0 Å². The van der Waals surface area contributed by atoms with Gasteiger partial charge in [-0.1, -0.05) is 0 Å². The van der Waals surface area contributed by atoms with Crippen molar-refractivity contribution in [2.24, 2.45) is 0 Å². The van der Waals surface area contributed by atoms with Gasteiger partial charge in [0.2, 0.25) is 5.88 Å². The monoisotopic (exact) mass is 343 g/mol. The number of aromatic nitrogens is 2. The van der Waals surface area contributed by atoms with E-state index < -0.39 is 0 Å². The highest BCUT2D eigenvalue weighted by molar-refractivity contribution is 5.44. The fourth-order valence-electron chi connectivity index (χ4n) is 3.09. The van der Waals surface area contributed by atoms with Gasteiger partial charge in [0.15, 0.2) is 5.82 Å². The Morgan fingerprint density at radius 1 is 1.08 bits per heavy atom. The third kappa shape index (κ3) is 4.13. The van der Waals surface area contributed by atoms with Gasteiger partial charge in [-0.2, -0.15) is 4.98 Å². The first-order chi connectivity index (χ1) is 12.1. The molecule has 0 spiro atoms. The van der Waals surface area contributed by atoms with Crippen LogP contribution in [0.15, 0.2) is 30.6 Å². The van der Waals surface area contributed by atoms with Gasteiger partial charge in [-0.05, 0) is 38.0 Å². The van der Waals surface area contributed by atoms with Crippen LogP contribution in [0.4, 0.5) is 5.82 Å². The SMILES string of the molecule is COc1cc(OC)cc(C2CCN(c3cncc(OC(C)C)n3)C2)c1. The third-order valence-corrected chi connectivity index (χ3v) is 4.31. The predicted octanol–water partition coefficient (Wildman–Crippen LogP) is 3.27. The van der Waals surface area contributed by atoms with E-state index >= 15 is 0 Å². The molecule has 25 heavy (non-hydrogen) atoms. The molecule has 1 aliphatic heterocycles. The molecule has 134 valence electrons. The second-order valence-corrected chi connectivity index (χ2v) is 6.46. The molecule has 1 aromatic heterocycles. The molecule has 0 N–H and O–H groups in total. The van der Waals surface area contributed by atoms with E-state index in [-0.39, 0.29) is 6.10 Å². The van der Waals surface area contributed by atoms with Crippen molar-refractivity contribution in [3.63, 3.8) is 0 Å². The molecule has 1 aliphatic rings. The van der Waals surface area contributed by atoms with E-state index in [2.05, 4.69) is 27.0 Å². The molecule has 1 fully saturated rings. The largest absolute Gasteiger partial charge is 0.497 e. The highest BCUT2D eigenvalue weighted by atomic mass is 16.5. The van der Waals surface area contributed by atoms with E-state index in [0.717, 1.165) is 36.8 Å². The highest BCUT2D eigenvalue weighted by Crippen LogP contribution is 2.34. The smallest absolute Gasteiger partial charge is 0.234 e. The summed E-state index contributed by atoms with van der Waals surface area (Å²) in [6.07, 6.45) is 4.58. The van der Waals surface area contributed by atoms with E-state index in [1.165, 1.54) is 5.56 Å². The van der Waals surface area contributed by atoms with Gasteiger partial charge in [0, 0.05) is 25.1 Å². The number of rotatable bonds is 6. The van der Waals surface area contributed by atoms with E-state index in [0.29, 0.717) is 11.8 Å². The summed E-state index contributed by atoms with van der Waals surface area (Å²) >= 11 is 0. The van der Waals surface area contributed by atoms with Crippen molar-refractivity contribution in [3.8, 4) is 17.4 Å². The molecule has 0 saturated carbocycles. The van der Waals surface area contributed by atoms with Crippen LogP contribution in [0.1, 0.15) is 31.7 Å². The predicted molar refractivity (Wildman–Crippen MR) is 96.9 cm³/mol. The van der Waals surface area contributed by atoms with Crippen molar-refractivity contribution in [1.29, 1.82) is 0 Å². The molecular formula is C19H25N3O3.